The summed E-state index contributed by atoms with van der Waals surface area (Å²) in [4.78, 5) is 16.4. The minimum Gasteiger partial charge on any atom is -0.481 e. The van der Waals surface area contributed by atoms with Crippen LogP contribution in [-0.4, -0.2) is 56.7 Å². The van der Waals surface area contributed by atoms with Crippen LogP contribution in [0.25, 0.3) is 0 Å². The zero-order chi connectivity index (χ0) is 20.2. The first-order chi connectivity index (χ1) is 14.2. The lowest BCUT2D eigenvalue weighted by molar-refractivity contribution is 0.135. The number of nitrogens with one attached hydrogen (secondary N) is 2. The molecule has 2 aliphatic heterocycles. The molecule has 0 amide bonds. The first-order valence-electron chi connectivity index (χ1n) is 9.83. The summed E-state index contributed by atoms with van der Waals surface area (Å²) in [6, 6.07) is 5.47. The van der Waals surface area contributed by atoms with Gasteiger partial charge < -0.3 is 15.2 Å². The lowest BCUT2D eigenvalue weighted by Gasteiger charge is -2.39. The molecule has 2 aliphatic rings. The fourth-order valence-electron chi connectivity index (χ4n) is 4.34. The van der Waals surface area contributed by atoms with E-state index in [1.54, 1.807) is 19.4 Å². The van der Waals surface area contributed by atoms with Gasteiger partial charge in [0.15, 0.2) is 5.13 Å². The number of hydrogen-bond donors (Lipinski definition) is 3. The van der Waals surface area contributed by atoms with Crippen molar-refractivity contribution in [2.45, 2.75) is 56.8 Å². The first-order valence-corrected chi connectivity index (χ1v) is 10.6. The van der Waals surface area contributed by atoms with Gasteiger partial charge >= 0.3 is 0 Å². The monoisotopic (exact) mass is 415 g/mol. The number of nitriles is 1. The zero-order valence-electron chi connectivity index (χ0n) is 16.3. The molecule has 0 aromatic carbocycles. The van der Waals surface area contributed by atoms with Gasteiger partial charge in [0.2, 0.25) is 11.8 Å². The van der Waals surface area contributed by atoms with Gasteiger partial charge in [-0.25, -0.2) is 4.98 Å². The van der Waals surface area contributed by atoms with Crippen molar-refractivity contribution in [3.8, 4) is 11.9 Å². The van der Waals surface area contributed by atoms with Gasteiger partial charge in [0.05, 0.1) is 24.7 Å². The Morgan fingerprint density at radius 2 is 2.14 bits per heavy atom. The van der Waals surface area contributed by atoms with Crippen LogP contribution in [0, 0.1) is 11.3 Å². The lowest BCUT2D eigenvalue weighted by Crippen LogP contribution is -2.47. The van der Waals surface area contributed by atoms with E-state index in [0.717, 1.165) is 24.3 Å². The summed E-state index contributed by atoms with van der Waals surface area (Å²) in [6.45, 7) is 0.831. The van der Waals surface area contributed by atoms with E-state index in [0.29, 0.717) is 47.3 Å². The second-order valence-corrected chi connectivity index (χ2v) is 8.49. The van der Waals surface area contributed by atoms with E-state index in [1.807, 2.05) is 0 Å². The zero-order valence-corrected chi connectivity index (χ0v) is 17.2. The second-order valence-electron chi connectivity index (χ2n) is 7.38. The number of piperidine rings is 1. The predicted molar refractivity (Wildman–Crippen MR) is 110 cm³/mol. The highest BCUT2D eigenvalue weighted by Gasteiger charge is 2.40. The molecule has 2 bridgehead atoms. The highest BCUT2D eigenvalue weighted by Crippen LogP contribution is 2.37. The number of methoxy groups -OCH3 is 1. The highest BCUT2D eigenvalue weighted by molar-refractivity contribution is 7.15. The molecule has 29 heavy (non-hydrogen) atoms. The largest absolute Gasteiger partial charge is 0.481 e. The van der Waals surface area contributed by atoms with E-state index in [4.69, 9.17) is 10.00 Å². The van der Waals surface area contributed by atoms with E-state index < -0.39 is 0 Å². The number of hydrogen-bond acceptors (Lipinski definition) is 10. The molecule has 3 N–H and O–H groups in total. The third kappa shape index (κ3) is 4.58. The molecule has 10 heteroatoms. The van der Waals surface area contributed by atoms with Crippen molar-refractivity contribution in [3.05, 3.63) is 17.1 Å². The van der Waals surface area contributed by atoms with Crippen molar-refractivity contribution in [3.63, 3.8) is 0 Å². The first kappa shape index (κ1) is 19.8. The summed E-state index contributed by atoms with van der Waals surface area (Å²) in [5.41, 5.74) is 0. The van der Waals surface area contributed by atoms with Gasteiger partial charge in [-0.2, -0.15) is 15.2 Å². The van der Waals surface area contributed by atoms with Crippen LogP contribution in [0.5, 0.6) is 5.88 Å². The van der Waals surface area contributed by atoms with Crippen LogP contribution in [0.4, 0.5) is 16.9 Å². The number of aromatic nitrogens is 3. The van der Waals surface area contributed by atoms with E-state index in [2.05, 4.69) is 36.6 Å². The molecule has 0 radical (unpaired) electrons. The van der Waals surface area contributed by atoms with Crippen LogP contribution < -0.4 is 15.4 Å². The molecule has 0 spiro atoms. The minimum atomic E-state index is -0.0412. The van der Waals surface area contributed by atoms with Gasteiger partial charge in [0.25, 0.3) is 0 Å². The highest BCUT2D eigenvalue weighted by atomic mass is 32.1. The summed E-state index contributed by atoms with van der Waals surface area (Å²) in [5.74, 6) is 1.59. The Hall–Kier alpha value is -2.48. The number of ether oxygens (including phenoxy) is 1. The van der Waals surface area contributed by atoms with Gasteiger partial charge in [0.1, 0.15) is 5.82 Å². The Morgan fingerprint density at radius 1 is 1.34 bits per heavy atom. The summed E-state index contributed by atoms with van der Waals surface area (Å²) in [5, 5.41) is 25.4. The lowest BCUT2D eigenvalue weighted by atomic mass is 9.97. The Labute approximate surface area is 173 Å². The molecule has 2 unspecified atom stereocenters. The molecular formula is C19H25N7O2S. The topological polar surface area (TPSA) is 119 Å². The number of fused-ring (bicyclic) bond motifs is 2. The smallest absolute Gasteiger partial charge is 0.234 e. The standard InChI is InChI=1S/C19H25N7O2S/c1-28-17-9-16(23-18(24-17)25-19-21-10-15(11-27)29-19)22-12-7-13-3-4-14(8-12)26(13)6-2-5-20/h9-10,12-14,27H,2-4,6-8,11H2,1H3,(H2,21,22,23,24,25). The third-order valence-electron chi connectivity index (χ3n) is 5.56. The number of aliphatic hydroxyl groups is 1. The molecule has 2 saturated heterocycles. The molecule has 2 fully saturated rings. The number of thiazole rings is 1. The van der Waals surface area contributed by atoms with E-state index >= 15 is 0 Å². The van der Waals surface area contributed by atoms with Crippen molar-refractivity contribution >= 4 is 28.2 Å². The van der Waals surface area contributed by atoms with E-state index in [1.165, 1.54) is 24.2 Å². The third-order valence-corrected chi connectivity index (χ3v) is 6.46. The Kier molecular flexibility index (Phi) is 6.08. The predicted octanol–water partition coefficient (Wildman–Crippen LogP) is 2.50. The van der Waals surface area contributed by atoms with Crippen LogP contribution in [0.3, 0.4) is 0 Å². The van der Waals surface area contributed by atoms with Crippen LogP contribution in [0.2, 0.25) is 0 Å². The van der Waals surface area contributed by atoms with Crippen LogP contribution in [0.15, 0.2) is 12.3 Å². The summed E-state index contributed by atoms with van der Waals surface area (Å²) in [7, 11) is 1.58. The average molecular weight is 416 g/mol. The maximum atomic E-state index is 9.20. The number of nitrogens with zero attached hydrogens (tertiary/aromatic N) is 5. The van der Waals surface area contributed by atoms with Crippen molar-refractivity contribution in [2.75, 3.05) is 24.3 Å². The molecular weight excluding hydrogens is 390 g/mol. The van der Waals surface area contributed by atoms with Gasteiger partial charge in [-0.15, -0.1) is 0 Å². The van der Waals surface area contributed by atoms with Crippen LogP contribution >= 0.6 is 11.3 Å². The van der Waals surface area contributed by atoms with Gasteiger partial charge in [0, 0.05) is 43.4 Å². The van der Waals surface area contributed by atoms with Crippen molar-refractivity contribution in [2.24, 2.45) is 0 Å². The molecule has 4 heterocycles. The summed E-state index contributed by atoms with van der Waals surface area (Å²) in [6.07, 6.45) is 6.71. The quantitative estimate of drug-likeness (QED) is 0.597. The number of rotatable bonds is 8. The van der Waals surface area contributed by atoms with Crippen molar-refractivity contribution in [1.82, 2.24) is 19.9 Å². The SMILES string of the molecule is COc1cc(NC2CC3CCC(C2)N3CCC#N)nc(Nc2ncc(CO)s2)n1. The summed E-state index contributed by atoms with van der Waals surface area (Å²) >= 11 is 1.36. The van der Waals surface area contributed by atoms with Gasteiger partial charge in [-0.05, 0) is 25.7 Å². The average Bonchev–Trinajstić information content (AvgIpc) is 3.27. The van der Waals surface area contributed by atoms with Gasteiger partial charge in [-0.3, -0.25) is 10.2 Å². The fourth-order valence-corrected chi connectivity index (χ4v) is 5.00. The number of anilines is 3. The molecule has 0 saturated carbocycles. The Morgan fingerprint density at radius 3 is 2.79 bits per heavy atom. The normalized spacial score (nSPS) is 23.6. The molecule has 2 aromatic heterocycles. The molecule has 0 aliphatic carbocycles. The molecule has 154 valence electrons. The van der Waals surface area contributed by atoms with Crippen molar-refractivity contribution in [1.29, 1.82) is 5.26 Å². The second kappa shape index (κ2) is 8.90. The Bertz CT molecular complexity index is 870. The molecule has 2 atom stereocenters. The van der Waals surface area contributed by atoms with E-state index in [9.17, 15) is 5.11 Å². The molecule has 9 nitrogen and oxygen atoms in total. The molecule has 2 aromatic rings. The van der Waals surface area contributed by atoms with Crippen LogP contribution in [0.1, 0.15) is 37.0 Å². The number of aliphatic hydroxyl groups excluding tert-OH is 1. The van der Waals surface area contributed by atoms with E-state index in [-0.39, 0.29) is 6.61 Å². The summed E-state index contributed by atoms with van der Waals surface area (Å²) < 4.78 is 5.34. The van der Waals surface area contributed by atoms with Crippen molar-refractivity contribution < 1.29 is 9.84 Å². The van der Waals surface area contributed by atoms with Crippen LogP contribution in [-0.2, 0) is 6.61 Å². The maximum Gasteiger partial charge on any atom is 0.234 e. The molecule has 4 rings (SSSR count). The minimum absolute atomic E-state index is 0.0412. The Balaban J connectivity index is 1.44. The maximum absolute atomic E-state index is 9.20. The fraction of sp³-hybridized carbons (Fsp3) is 0.579. The van der Waals surface area contributed by atoms with Gasteiger partial charge in [-0.1, -0.05) is 11.3 Å².